The van der Waals surface area contributed by atoms with Crippen molar-refractivity contribution in [2.45, 2.75) is 13.5 Å². The van der Waals surface area contributed by atoms with Crippen LogP contribution in [0.5, 0.6) is 5.75 Å². The van der Waals surface area contributed by atoms with Gasteiger partial charge in [0.15, 0.2) is 11.6 Å². The van der Waals surface area contributed by atoms with Crippen molar-refractivity contribution >= 4 is 16.7 Å². The Hall–Kier alpha value is -3.07. The summed E-state index contributed by atoms with van der Waals surface area (Å²) in [4.78, 5) is 4.22. The van der Waals surface area contributed by atoms with Crippen molar-refractivity contribution in [1.29, 1.82) is 5.26 Å². The number of pyridine rings is 1. The molecule has 2 N–H and O–H groups in total. The summed E-state index contributed by atoms with van der Waals surface area (Å²) in [5.41, 5.74) is 2.49. The number of aromatic amines is 1. The van der Waals surface area contributed by atoms with Crippen LogP contribution in [0.15, 0.2) is 36.7 Å². The molecule has 0 atom stereocenters. The molecular weight excluding hydrogens is 278 g/mol. The first-order chi connectivity index (χ1) is 10.8. The molecular formula is C16H15N5O. The zero-order valence-electron chi connectivity index (χ0n) is 12.1. The number of rotatable bonds is 5. The lowest BCUT2D eigenvalue weighted by molar-refractivity contribution is 0.306. The van der Waals surface area contributed by atoms with Crippen LogP contribution in [0, 0.1) is 11.3 Å². The van der Waals surface area contributed by atoms with Gasteiger partial charge in [-0.3, -0.25) is 5.10 Å². The third-order valence-corrected chi connectivity index (χ3v) is 3.22. The average molecular weight is 293 g/mol. The molecule has 0 saturated heterocycles. The van der Waals surface area contributed by atoms with Crippen molar-refractivity contribution in [3.8, 4) is 11.8 Å². The number of anilines is 1. The fourth-order valence-corrected chi connectivity index (χ4v) is 2.16. The molecule has 0 aliphatic rings. The van der Waals surface area contributed by atoms with Crippen LogP contribution in [0.1, 0.15) is 18.1 Å². The highest BCUT2D eigenvalue weighted by Crippen LogP contribution is 2.24. The van der Waals surface area contributed by atoms with Gasteiger partial charge in [-0.05, 0) is 24.6 Å². The first-order valence-electron chi connectivity index (χ1n) is 6.99. The van der Waals surface area contributed by atoms with Gasteiger partial charge in [0.1, 0.15) is 12.7 Å². The van der Waals surface area contributed by atoms with Crippen LogP contribution < -0.4 is 10.1 Å². The highest BCUT2D eigenvalue weighted by molar-refractivity contribution is 5.78. The Morgan fingerprint density at radius 2 is 2.23 bits per heavy atom. The fourth-order valence-electron chi connectivity index (χ4n) is 2.16. The molecule has 0 amide bonds. The molecule has 0 fully saturated rings. The number of nitrogens with one attached hydrogen (secondary N) is 2. The number of nitrogens with zero attached hydrogens (tertiary/aromatic N) is 3. The van der Waals surface area contributed by atoms with Gasteiger partial charge >= 0.3 is 0 Å². The summed E-state index contributed by atoms with van der Waals surface area (Å²) >= 11 is 0. The van der Waals surface area contributed by atoms with Crippen molar-refractivity contribution in [3.05, 3.63) is 47.8 Å². The minimum atomic E-state index is 0.399. The lowest BCUT2D eigenvalue weighted by Gasteiger charge is -2.11. The maximum Gasteiger partial charge on any atom is 0.168 e. The number of aromatic nitrogens is 3. The fraction of sp³-hybridized carbons (Fsp3) is 0.188. The summed E-state index contributed by atoms with van der Waals surface area (Å²) in [5.74, 6) is 1.22. The molecule has 2 aromatic heterocycles. The summed E-state index contributed by atoms with van der Waals surface area (Å²) in [5, 5.41) is 20.1. The molecule has 3 rings (SSSR count). The number of hydrogen-bond acceptors (Lipinski definition) is 5. The van der Waals surface area contributed by atoms with Gasteiger partial charge in [-0.15, -0.1) is 0 Å². The number of hydrogen-bond donors (Lipinski definition) is 2. The highest BCUT2D eigenvalue weighted by atomic mass is 16.5. The van der Waals surface area contributed by atoms with E-state index in [0.717, 1.165) is 23.0 Å². The summed E-state index contributed by atoms with van der Waals surface area (Å²) in [6.45, 7) is 3.11. The molecule has 6 heteroatoms. The van der Waals surface area contributed by atoms with Gasteiger partial charge in [0.25, 0.3) is 0 Å². The largest absolute Gasteiger partial charge is 0.485 e. The van der Waals surface area contributed by atoms with Gasteiger partial charge in [0, 0.05) is 24.2 Å². The van der Waals surface area contributed by atoms with E-state index >= 15 is 0 Å². The maximum absolute atomic E-state index is 8.99. The SMILES string of the molecule is CCNc1ncc(C#N)cc1OCc1ccc2[nH]ncc2c1. The van der Waals surface area contributed by atoms with Crippen LogP contribution in [0.2, 0.25) is 0 Å². The number of ether oxygens (including phenoxy) is 1. The number of nitriles is 1. The van der Waals surface area contributed by atoms with Crippen LogP contribution in [-0.2, 0) is 6.61 Å². The molecule has 0 aliphatic carbocycles. The van der Waals surface area contributed by atoms with Crippen molar-refractivity contribution < 1.29 is 4.74 Å². The quantitative estimate of drug-likeness (QED) is 0.755. The summed E-state index contributed by atoms with van der Waals surface area (Å²) in [7, 11) is 0. The minimum absolute atomic E-state index is 0.399. The van der Waals surface area contributed by atoms with Gasteiger partial charge in [-0.2, -0.15) is 10.4 Å². The zero-order chi connectivity index (χ0) is 15.4. The monoisotopic (exact) mass is 293 g/mol. The number of fused-ring (bicyclic) bond motifs is 1. The van der Waals surface area contributed by atoms with Gasteiger partial charge in [-0.1, -0.05) is 6.07 Å². The second-order valence-electron chi connectivity index (χ2n) is 4.79. The molecule has 2 heterocycles. The molecule has 0 bridgehead atoms. The molecule has 3 aromatic rings. The van der Waals surface area contributed by atoms with Crippen molar-refractivity contribution in [1.82, 2.24) is 15.2 Å². The third kappa shape index (κ3) is 2.83. The second kappa shape index (κ2) is 6.14. The topological polar surface area (TPSA) is 86.6 Å². The Bertz CT molecular complexity index is 834. The maximum atomic E-state index is 8.99. The predicted octanol–water partition coefficient (Wildman–Crippen LogP) is 2.84. The Morgan fingerprint density at radius 3 is 3.05 bits per heavy atom. The van der Waals surface area contributed by atoms with E-state index in [1.165, 1.54) is 6.20 Å². The molecule has 0 aliphatic heterocycles. The van der Waals surface area contributed by atoms with Crippen molar-refractivity contribution in [2.24, 2.45) is 0 Å². The van der Waals surface area contributed by atoms with Crippen LogP contribution in [0.3, 0.4) is 0 Å². The Labute approximate surface area is 127 Å². The Balaban J connectivity index is 1.81. The van der Waals surface area contributed by atoms with E-state index in [4.69, 9.17) is 10.00 Å². The van der Waals surface area contributed by atoms with Gasteiger partial charge in [-0.25, -0.2) is 4.98 Å². The van der Waals surface area contributed by atoms with E-state index in [-0.39, 0.29) is 0 Å². The van der Waals surface area contributed by atoms with Gasteiger partial charge in [0.05, 0.1) is 17.3 Å². The first-order valence-corrected chi connectivity index (χ1v) is 6.99. The number of H-pyrrole nitrogens is 1. The highest BCUT2D eigenvalue weighted by Gasteiger charge is 2.07. The Morgan fingerprint density at radius 1 is 1.32 bits per heavy atom. The molecule has 1 aromatic carbocycles. The normalized spacial score (nSPS) is 10.4. The average Bonchev–Trinajstić information content (AvgIpc) is 3.01. The molecule has 0 spiro atoms. The molecule has 0 unspecified atom stereocenters. The van der Waals surface area contributed by atoms with Crippen LogP contribution >= 0.6 is 0 Å². The number of benzene rings is 1. The molecule has 110 valence electrons. The van der Waals surface area contributed by atoms with E-state index in [9.17, 15) is 0 Å². The van der Waals surface area contributed by atoms with E-state index in [2.05, 4.69) is 26.6 Å². The summed E-state index contributed by atoms with van der Waals surface area (Å²) in [6.07, 6.45) is 3.31. The summed E-state index contributed by atoms with van der Waals surface area (Å²) < 4.78 is 5.84. The van der Waals surface area contributed by atoms with Crippen molar-refractivity contribution in [3.63, 3.8) is 0 Å². The van der Waals surface area contributed by atoms with Gasteiger partial charge < -0.3 is 10.1 Å². The second-order valence-corrected chi connectivity index (χ2v) is 4.79. The zero-order valence-corrected chi connectivity index (χ0v) is 12.1. The predicted molar refractivity (Wildman–Crippen MR) is 83.5 cm³/mol. The van der Waals surface area contributed by atoms with Crippen LogP contribution in [-0.4, -0.2) is 21.7 Å². The summed E-state index contributed by atoms with van der Waals surface area (Å²) in [6, 6.07) is 9.74. The minimum Gasteiger partial charge on any atom is -0.485 e. The molecule has 0 saturated carbocycles. The first kappa shape index (κ1) is 13.9. The molecule has 22 heavy (non-hydrogen) atoms. The van der Waals surface area contributed by atoms with E-state index in [0.29, 0.717) is 23.7 Å². The molecule has 6 nitrogen and oxygen atoms in total. The van der Waals surface area contributed by atoms with Crippen LogP contribution in [0.25, 0.3) is 10.9 Å². The van der Waals surface area contributed by atoms with Crippen molar-refractivity contribution in [2.75, 3.05) is 11.9 Å². The smallest absolute Gasteiger partial charge is 0.168 e. The lowest BCUT2D eigenvalue weighted by Crippen LogP contribution is -2.04. The molecule has 0 radical (unpaired) electrons. The van der Waals surface area contributed by atoms with Crippen LogP contribution in [0.4, 0.5) is 5.82 Å². The van der Waals surface area contributed by atoms with Gasteiger partial charge in [0.2, 0.25) is 0 Å². The lowest BCUT2D eigenvalue weighted by atomic mass is 10.2. The standard InChI is InChI=1S/C16H15N5O/c1-2-18-16-15(6-12(7-17)8-19-16)22-10-11-3-4-14-13(5-11)9-20-21-14/h3-6,8-9H,2,10H2,1H3,(H,18,19)(H,20,21). The van der Waals surface area contributed by atoms with E-state index in [1.807, 2.05) is 25.1 Å². The Kier molecular flexibility index (Phi) is 3.88. The third-order valence-electron chi connectivity index (χ3n) is 3.22. The van der Waals surface area contributed by atoms with E-state index in [1.54, 1.807) is 12.3 Å². The van der Waals surface area contributed by atoms with E-state index < -0.39 is 0 Å².